The highest BCUT2D eigenvalue weighted by Gasteiger charge is 2.41. The van der Waals surface area contributed by atoms with Gasteiger partial charge in [-0.2, -0.15) is 13.2 Å². The summed E-state index contributed by atoms with van der Waals surface area (Å²) < 4.78 is 40.0. The third kappa shape index (κ3) is 3.85. The molecule has 0 aliphatic carbocycles. The molecule has 26 heavy (non-hydrogen) atoms. The monoisotopic (exact) mass is 423 g/mol. The fourth-order valence-corrected chi connectivity index (χ4v) is 3.66. The summed E-state index contributed by atoms with van der Waals surface area (Å²) in [4.78, 5) is 15.0. The first-order chi connectivity index (χ1) is 12.1. The molecular weight excluding hydrogens is 407 g/mol. The van der Waals surface area contributed by atoms with Gasteiger partial charge in [0.15, 0.2) is 0 Å². The molecule has 2 aromatic carbocycles. The van der Waals surface area contributed by atoms with Crippen LogP contribution in [-0.4, -0.2) is 16.9 Å². The molecule has 136 valence electrons. The number of hydrogen-bond donors (Lipinski definition) is 1. The molecule has 0 saturated heterocycles. The molecule has 0 aliphatic rings. The van der Waals surface area contributed by atoms with E-state index in [-0.39, 0.29) is 5.56 Å². The van der Waals surface area contributed by atoms with E-state index in [9.17, 15) is 18.0 Å². The minimum Gasteiger partial charge on any atom is -0.358 e. The van der Waals surface area contributed by atoms with Crippen LogP contribution >= 0.6 is 15.9 Å². The lowest BCUT2D eigenvalue weighted by atomic mass is 9.99. The van der Waals surface area contributed by atoms with E-state index in [1.54, 1.807) is 12.1 Å². The number of H-pyrrole nitrogens is 1. The van der Waals surface area contributed by atoms with Gasteiger partial charge < -0.3 is 4.98 Å². The zero-order valence-corrected chi connectivity index (χ0v) is 15.9. The maximum atomic E-state index is 13.1. The number of halogens is 4. The largest absolute Gasteiger partial charge is 0.454 e. The molecule has 0 spiro atoms. The van der Waals surface area contributed by atoms with Crippen molar-refractivity contribution in [3.63, 3.8) is 0 Å². The van der Waals surface area contributed by atoms with Gasteiger partial charge in [0.2, 0.25) is 0 Å². The number of ketones is 1. The molecular formula is C20H17BrF3NO. The fraction of sp³-hybridized carbons (Fsp3) is 0.250. The molecule has 2 nitrogen and oxygen atoms in total. The summed E-state index contributed by atoms with van der Waals surface area (Å²) in [6.07, 6.45) is -4.03. The van der Waals surface area contributed by atoms with E-state index in [0.717, 1.165) is 21.2 Å². The van der Waals surface area contributed by atoms with Gasteiger partial charge in [-0.3, -0.25) is 4.79 Å². The van der Waals surface area contributed by atoms with Gasteiger partial charge in [-0.05, 0) is 44.4 Å². The number of fused-ring (bicyclic) bond motifs is 1. The summed E-state index contributed by atoms with van der Waals surface area (Å²) in [5.74, 6) is -1.80. The highest BCUT2D eigenvalue weighted by molar-refractivity contribution is 9.10. The van der Waals surface area contributed by atoms with Gasteiger partial charge in [-0.25, -0.2) is 0 Å². The SMILES string of the molecule is Cc1cc(C)cc(CCc2[nH]c3cc(Br)ccc3c2C(=O)C(F)(F)F)c1. The lowest BCUT2D eigenvalue weighted by molar-refractivity contribution is -0.0884. The van der Waals surface area contributed by atoms with E-state index in [1.165, 1.54) is 6.07 Å². The lowest BCUT2D eigenvalue weighted by Gasteiger charge is -2.08. The van der Waals surface area contributed by atoms with E-state index in [4.69, 9.17) is 0 Å². The third-order valence-electron chi connectivity index (χ3n) is 4.27. The first-order valence-corrected chi connectivity index (χ1v) is 8.93. The number of aromatic nitrogens is 1. The second-order valence-corrected chi connectivity index (χ2v) is 7.41. The molecule has 0 atom stereocenters. The summed E-state index contributed by atoms with van der Waals surface area (Å²) >= 11 is 3.31. The minimum absolute atomic E-state index is 0.274. The zero-order valence-electron chi connectivity index (χ0n) is 14.3. The number of alkyl halides is 3. The number of carbonyl (C=O) groups is 1. The Bertz CT molecular complexity index is 968. The molecule has 6 heteroatoms. The van der Waals surface area contributed by atoms with Crippen LogP contribution in [0.25, 0.3) is 10.9 Å². The van der Waals surface area contributed by atoms with Crippen LogP contribution in [0, 0.1) is 13.8 Å². The molecule has 0 fully saturated rings. The predicted molar refractivity (Wildman–Crippen MR) is 99.7 cm³/mol. The summed E-state index contributed by atoms with van der Waals surface area (Å²) in [6, 6.07) is 10.9. The Balaban J connectivity index is 2.02. The number of benzene rings is 2. The highest BCUT2D eigenvalue weighted by Crippen LogP contribution is 2.32. The minimum atomic E-state index is -4.91. The number of aryl methyl sites for hydroxylation is 4. The normalized spacial score (nSPS) is 11.9. The average Bonchev–Trinajstić information content (AvgIpc) is 2.87. The van der Waals surface area contributed by atoms with E-state index >= 15 is 0 Å². The van der Waals surface area contributed by atoms with Crippen molar-refractivity contribution in [2.45, 2.75) is 32.9 Å². The molecule has 1 heterocycles. The van der Waals surface area contributed by atoms with Gasteiger partial charge in [-0.15, -0.1) is 0 Å². The predicted octanol–water partition coefficient (Wildman–Crippen LogP) is 6.08. The molecule has 0 unspecified atom stereocenters. The maximum Gasteiger partial charge on any atom is 0.454 e. The summed E-state index contributed by atoms with van der Waals surface area (Å²) in [5, 5.41) is 0.297. The second-order valence-electron chi connectivity index (χ2n) is 6.49. The Morgan fingerprint density at radius 2 is 1.69 bits per heavy atom. The van der Waals surface area contributed by atoms with E-state index < -0.39 is 12.0 Å². The first kappa shape index (κ1) is 18.7. The molecule has 0 radical (unpaired) electrons. The van der Waals surface area contributed by atoms with Crippen molar-refractivity contribution >= 4 is 32.6 Å². The molecule has 1 aromatic heterocycles. The standard InChI is InChI=1S/C20H17BrF3NO/c1-11-7-12(2)9-13(8-11)3-6-16-18(19(26)20(22,23)24)15-5-4-14(21)10-17(15)25-16/h4-5,7-10,25H,3,6H2,1-2H3. The van der Waals surface area contributed by atoms with Gasteiger partial charge in [0.05, 0.1) is 5.56 Å². The number of carbonyl (C=O) groups excluding carboxylic acids is 1. The molecule has 0 amide bonds. The van der Waals surface area contributed by atoms with Crippen molar-refractivity contribution in [1.29, 1.82) is 0 Å². The Hall–Kier alpha value is -2.08. The number of hydrogen-bond acceptors (Lipinski definition) is 1. The van der Waals surface area contributed by atoms with Crippen molar-refractivity contribution in [2.75, 3.05) is 0 Å². The molecule has 0 bridgehead atoms. The van der Waals surface area contributed by atoms with Gasteiger partial charge in [0.1, 0.15) is 0 Å². The van der Waals surface area contributed by atoms with Crippen LogP contribution in [0.3, 0.4) is 0 Å². The summed E-state index contributed by atoms with van der Waals surface area (Å²) in [7, 11) is 0. The molecule has 0 aliphatic heterocycles. The van der Waals surface area contributed by atoms with Gasteiger partial charge >= 0.3 is 6.18 Å². The maximum absolute atomic E-state index is 13.1. The van der Waals surface area contributed by atoms with Crippen LogP contribution in [-0.2, 0) is 12.8 Å². The molecule has 0 saturated carbocycles. The number of nitrogens with one attached hydrogen (secondary N) is 1. The Labute approximate surface area is 157 Å². The second kappa shape index (κ2) is 6.91. The van der Waals surface area contributed by atoms with Gasteiger partial charge in [0.25, 0.3) is 5.78 Å². The van der Waals surface area contributed by atoms with Crippen LogP contribution in [0.5, 0.6) is 0 Å². The summed E-state index contributed by atoms with van der Waals surface area (Å²) in [5.41, 5.74) is 3.80. The zero-order chi connectivity index (χ0) is 19.1. The first-order valence-electron chi connectivity index (χ1n) is 8.14. The quantitative estimate of drug-likeness (QED) is 0.506. The van der Waals surface area contributed by atoms with Crippen molar-refractivity contribution in [2.24, 2.45) is 0 Å². The van der Waals surface area contributed by atoms with E-state index in [1.807, 2.05) is 32.0 Å². The average molecular weight is 424 g/mol. The molecule has 3 rings (SSSR count). The molecule has 1 N–H and O–H groups in total. The van der Waals surface area contributed by atoms with Crippen molar-refractivity contribution in [3.8, 4) is 0 Å². The van der Waals surface area contributed by atoms with Crippen LogP contribution in [0.2, 0.25) is 0 Å². The number of aromatic amines is 1. The van der Waals surface area contributed by atoms with Crippen molar-refractivity contribution < 1.29 is 18.0 Å². The third-order valence-corrected chi connectivity index (χ3v) is 4.76. The van der Waals surface area contributed by atoms with Crippen LogP contribution in [0.4, 0.5) is 13.2 Å². The lowest BCUT2D eigenvalue weighted by Crippen LogP contribution is -2.23. The van der Waals surface area contributed by atoms with Crippen LogP contribution in [0.1, 0.15) is 32.7 Å². The Morgan fingerprint density at radius 3 is 2.31 bits per heavy atom. The Morgan fingerprint density at radius 1 is 1.04 bits per heavy atom. The fourth-order valence-electron chi connectivity index (χ4n) is 3.30. The number of rotatable bonds is 4. The topological polar surface area (TPSA) is 32.9 Å². The van der Waals surface area contributed by atoms with Crippen LogP contribution < -0.4 is 0 Å². The summed E-state index contributed by atoms with van der Waals surface area (Å²) in [6.45, 7) is 3.96. The Kier molecular flexibility index (Phi) is 4.97. The van der Waals surface area contributed by atoms with Gasteiger partial charge in [0, 0.05) is 21.1 Å². The number of Topliss-reactive ketones (excluding diaryl/α,β-unsaturated/α-hetero) is 1. The van der Waals surface area contributed by atoms with Crippen LogP contribution in [0.15, 0.2) is 40.9 Å². The smallest absolute Gasteiger partial charge is 0.358 e. The van der Waals surface area contributed by atoms with E-state index in [0.29, 0.717) is 29.4 Å². The highest BCUT2D eigenvalue weighted by atomic mass is 79.9. The van der Waals surface area contributed by atoms with Gasteiger partial charge in [-0.1, -0.05) is 51.3 Å². The van der Waals surface area contributed by atoms with E-state index in [2.05, 4.69) is 20.9 Å². The van der Waals surface area contributed by atoms with Crippen molar-refractivity contribution in [3.05, 3.63) is 68.8 Å². The molecule has 3 aromatic rings. The van der Waals surface area contributed by atoms with Crippen molar-refractivity contribution in [1.82, 2.24) is 4.98 Å².